The maximum absolute atomic E-state index is 12.3. The highest BCUT2D eigenvalue weighted by molar-refractivity contribution is 9.10. The summed E-state index contributed by atoms with van der Waals surface area (Å²) in [5.41, 5.74) is 0.799. The molecule has 1 aliphatic carbocycles. The van der Waals surface area contributed by atoms with Crippen LogP contribution in [-0.2, 0) is 16.5 Å². The van der Waals surface area contributed by atoms with Gasteiger partial charge in [0.1, 0.15) is 0 Å². The van der Waals surface area contributed by atoms with Crippen LogP contribution in [0.15, 0.2) is 22.8 Å². The standard InChI is InChI=1S/C13H19BrN2OS/c1-12(2,3)18(17)16-13(7-4-8-13)11-6-5-10(14)9-15-11/h5-6,9,16H,4,7-8H2,1-3H3/t18-/m1/s1. The van der Waals surface area contributed by atoms with Gasteiger partial charge in [0.15, 0.2) is 0 Å². The molecule has 2 rings (SSSR count). The zero-order valence-electron chi connectivity index (χ0n) is 11.0. The third-order valence-electron chi connectivity index (χ3n) is 3.27. The normalized spacial score (nSPS) is 20.2. The summed E-state index contributed by atoms with van der Waals surface area (Å²) >= 11 is 3.39. The summed E-state index contributed by atoms with van der Waals surface area (Å²) in [6.45, 7) is 5.95. The molecule has 1 atom stereocenters. The smallest absolute Gasteiger partial charge is 0.0979 e. The van der Waals surface area contributed by atoms with Crippen molar-refractivity contribution in [2.75, 3.05) is 0 Å². The first-order valence-corrected chi connectivity index (χ1v) is 8.09. The van der Waals surface area contributed by atoms with E-state index >= 15 is 0 Å². The average Bonchev–Trinajstić information content (AvgIpc) is 2.23. The molecule has 0 radical (unpaired) electrons. The second-order valence-corrected chi connectivity index (χ2v) is 8.66. The molecule has 1 heterocycles. The van der Waals surface area contributed by atoms with E-state index < -0.39 is 11.0 Å². The molecule has 1 fully saturated rings. The van der Waals surface area contributed by atoms with Crippen LogP contribution in [-0.4, -0.2) is 13.9 Å². The van der Waals surface area contributed by atoms with Crippen LogP contribution in [0.3, 0.4) is 0 Å². The Balaban J connectivity index is 2.21. The van der Waals surface area contributed by atoms with Gasteiger partial charge in [0, 0.05) is 10.7 Å². The Labute approximate surface area is 119 Å². The fourth-order valence-corrected chi connectivity index (χ4v) is 3.13. The molecule has 0 bridgehead atoms. The number of rotatable bonds is 3. The molecule has 0 aliphatic heterocycles. The van der Waals surface area contributed by atoms with Crippen LogP contribution in [0.4, 0.5) is 0 Å². The van der Waals surface area contributed by atoms with E-state index in [1.807, 2.05) is 32.9 Å². The molecule has 0 aromatic carbocycles. The summed E-state index contributed by atoms with van der Waals surface area (Å²) in [6, 6.07) is 4.00. The summed E-state index contributed by atoms with van der Waals surface area (Å²) in [5, 5.41) is 0. The zero-order valence-corrected chi connectivity index (χ0v) is 13.4. The summed E-state index contributed by atoms with van der Waals surface area (Å²) in [6.07, 6.45) is 4.97. The van der Waals surface area contributed by atoms with Crippen LogP contribution in [0.2, 0.25) is 0 Å². The number of nitrogens with zero attached hydrogens (tertiary/aromatic N) is 1. The van der Waals surface area contributed by atoms with Crippen molar-refractivity contribution >= 4 is 26.9 Å². The monoisotopic (exact) mass is 330 g/mol. The molecule has 1 aromatic rings. The lowest BCUT2D eigenvalue weighted by atomic mass is 9.75. The Morgan fingerprint density at radius 1 is 1.39 bits per heavy atom. The molecule has 18 heavy (non-hydrogen) atoms. The quantitative estimate of drug-likeness (QED) is 0.924. The molecule has 100 valence electrons. The number of nitrogens with one attached hydrogen (secondary N) is 1. The average molecular weight is 331 g/mol. The third-order valence-corrected chi connectivity index (χ3v) is 5.43. The Morgan fingerprint density at radius 2 is 2.06 bits per heavy atom. The maximum Gasteiger partial charge on any atom is 0.0979 e. The Bertz CT molecular complexity index is 449. The van der Waals surface area contributed by atoms with Gasteiger partial charge in [0.2, 0.25) is 0 Å². The van der Waals surface area contributed by atoms with Gasteiger partial charge in [-0.25, -0.2) is 8.93 Å². The van der Waals surface area contributed by atoms with Crippen molar-refractivity contribution in [2.45, 2.75) is 50.3 Å². The van der Waals surface area contributed by atoms with Crippen molar-refractivity contribution in [1.82, 2.24) is 9.71 Å². The predicted molar refractivity (Wildman–Crippen MR) is 78.5 cm³/mol. The minimum Gasteiger partial charge on any atom is -0.258 e. The van der Waals surface area contributed by atoms with E-state index in [2.05, 4.69) is 25.6 Å². The topological polar surface area (TPSA) is 42.0 Å². The van der Waals surface area contributed by atoms with Crippen LogP contribution in [0, 0.1) is 0 Å². The van der Waals surface area contributed by atoms with Crippen molar-refractivity contribution in [1.29, 1.82) is 0 Å². The lowest BCUT2D eigenvalue weighted by Gasteiger charge is -2.43. The van der Waals surface area contributed by atoms with E-state index in [1.54, 1.807) is 6.20 Å². The SMILES string of the molecule is CC(C)(C)[S@@](=O)NC1(c2ccc(Br)cn2)CCC1. The summed E-state index contributed by atoms with van der Waals surface area (Å²) in [4.78, 5) is 4.46. The van der Waals surface area contributed by atoms with Gasteiger partial charge in [0.05, 0.1) is 27.0 Å². The second kappa shape index (κ2) is 5.02. The molecule has 0 saturated heterocycles. The van der Waals surface area contributed by atoms with E-state index in [1.165, 1.54) is 0 Å². The first-order valence-electron chi connectivity index (χ1n) is 6.15. The molecule has 1 N–H and O–H groups in total. The molecule has 1 aromatic heterocycles. The minimum atomic E-state index is -1.06. The van der Waals surface area contributed by atoms with Gasteiger partial charge in [0.25, 0.3) is 0 Å². The van der Waals surface area contributed by atoms with Crippen molar-refractivity contribution < 1.29 is 4.21 Å². The first kappa shape index (κ1) is 14.2. The van der Waals surface area contributed by atoms with Crippen LogP contribution in [0.1, 0.15) is 45.7 Å². The van der Waals surface area contributed by atoms with Crippen molar-refractivity contribution in [3.05, 3.63) is 28.5 Å². The zero-order chi connectivity index (χ0) is 13.4. The van der Waals surface area contributed by atoms with E-state index in [-0.39, 0.29) is 10.3 Å². The van der Waals surface area contributed by atoms with Crippen LogP contribution >= 0.6 is 15.9 Å². The number of halogens is 1. The van der Waals surface area contributed by atoms with E-state index in [9.17, 15) is 4.21 Å². The molecule has 0 spiro atoms. The highest BCUT2D eigenvalue weighted by Gasteiger charge is 2.42. The lowest BCUT2D eigenvalue weighted by molar-refractivity contribution is 0.220. The molecule has 3 nitrogen and oxygen atoms in total. The molecular formula is C13H19BrN2OS. The van der Waals surface area contributed by atoms with Crippen molar-refractivity contribution in [3.8, 4) is 0 Å². The highest BCUT2D eigenvalue weighted by atomic mass is 79.9. The largest absolute Gasteiger partial charge is 0.258 e. The number of pyridine rings is 1. The maximum atomic E-state index is 12.3. The summed E-state index contributed by atoms with van der Waals surface area (Å²) < 4.78 is 16.3. The van der Waals surface area contributed by atoms with Gasteiger partial charge >= 0.3 is 0 Å². The van der Waals surface area contributed by atoms with Crippen LogP contribution in [0.5, 0.6) is 0 Å². The molecule has 1 saturated carbocycles. The lowest BCUT2D eigenvalue weighted by Crippen LogP contribution is -2.52. The van der Waals surface area contributed by atoms with Crippen LogP contribution < -0.4 is 4.72 Å². The fraction of sp³-hybridized carbons (Fsp3) is 0.615. The fourth-order valence-electron chi connectivity index (χ4n) is 1.93. The van der Waals surface area contributed by atoms with Gasteiger partial charge in [-0.1, -0.05) is 0 Å². The van der Waals surface area contributed by atoms with Crippen molar-refractivity contribution in [3.63, 3.8) is 0 Å². The molecule has 5 heteroatoms. The second-order valence-electron chi connectivity index (χ2n) is 5.78. The number of hydrogen-bond acceptors (Lipinski definition) is 2. The van der Waals surface area contributed by atoms with Gasteiger partial charge in [-0.05, 0) is 68.1 Å². The van der Waals surface area contributed by atoms with Crippen molar-refractivity contribution in [2.24, 2.45) is 0 Å². The minimum absolute atomic E-state index is 0.196. The number of hydrogen-bond donors (Lipinski definition) is 1. The van der Waals surface area contributed by atoms with E-state index in [0.29, 0.717) is 0 Å². The van der Waals surface area contributed by atoms with E-state index in [0.717, 1.165) is 29.4 Å². The Morgan fingerprint density at radius 3 is 2.44 bits per heavy atom. The number of aromatic nitrogens is 1. The Hall–Kier alpha value is -0.260. The van der Waals surface area contributed by atoms with Crippen LogP contribution in [0.25, 0.3) is 0 Å². The highest BCUT2D eigenvalue weighted by Crippen LogP contribution is 2.41. The predicted octanol–water partition coefficient (Wildman–Crippen LogP) is 3.28. The summed E-state index contributed by atoms with van der Waals surface area (Å²) in [5.74, 6) is 0. The van der Waals surface area contributed by atoms with Gasteiger partial charge in [-0.2, -0.15) is 0 Å². The molecule has 0 unspecified atom stereocenters. The van der Waals surface area contributed by atoms with Gasteiger partial charge < -0.3 is 0 Å². The van der Waals surface area contributed by atoms with Gasteiger partial charge in [-0.3, -0.25) is 4.98 Å². The van der Waals surface area contributed by atoms with Gasteiger partial charge in [-0.15, -0.1) is 0 Å². The first-order chi connectivity index (χ1) is 8.33. The van der Waals surface area contributed by atoms with E-state index in [4.69, 9.17) is 0 Å². The summed E-state index contributed by atoms with van der Waals surface area (Å²) in [7, 11) is -1.06. The molecular weight excluding hydrogens is 312 g/mol. The third kappa shape index (κ3) is 2.83. The molecule has 1 aliphatic rings. The Kier molecular flexibility index (Phi) is 3.95. The molecule has 0 amide bonds.